The van der Waals surface area contributed by atoms with Gasteiger partial charge in [-0.05, 0) is 50.2 Å². The van der Waals surface area contributed by atoms with Crippen LogP contribution in [0.3, 0.4) is 0 Å². The maximum atomic E-state index is 12.4. The number of hydrogen-bond donors (Lipinski definition) is 2. The van der Waals surface area contributed by atoms with Crippen LogP contribution in [0.2, 0.25) is 0 Å². The van der Waals surface area contributed by atoms with Crippen molar-refractivity contribution in [2.45, 2.75) is 57.0 Å². The summed E-state index contributed by atoms with van der Waals surface area (Å²) < 4.78 is 0. The Balaban J connectivity index is 1.91. The van der Waals surface area contributed by atoms with Gasteiger partial charge in [0.1, 0.15) is 0 Å². The van der Waals surface area contributed by atoms with Crippen LogP contribution in [0, 0.1) is 0 Å². The van der Waals surface area contributed by atoms with E-state index in [0.29, 0.717) is 6.04 Å². The highest BCUT2D eigenvalue weighted by atomic mass is 32.2. The van der Waals surface area contributed by atoms with Crippen molar-refractivity contribution in [3.63, 3.8) is 0 Å². The second-order valence-corrected chi connectivity index (χ2v) is 6.45. The van der Waals surface area contributed by atoms with Crippen LogP contribution < -0.4 is 10.6 Å². The molecule has 2 aliphatic heterocycles. The molecule has 17 heavy (non-hydrogen) atoms. The van der Waals surface area contributed by atoms with Gasteiger partial charge in [-0.3, -0.25) is 4.79 Å². The maximum absolute atomic E-state index is 12.4. The van der Waals surface area contributed by atoms with E-state index < -0.39 is 0 Å². The normalized spacial score (nSPS) is 30.4. The van der Waals surface area contributed by atoms with Gasteiger partial charge < -0.3 is 10.6 Å². The molecule has 0 aliphatic carbocycles. The minimum Gasteiger partial charge on any atom is -0.352 e. The minimum atomic E-state index is -0.251. The number of rotatable bonds is 4. The van der Waals surface area contributed by atoms with E-state index in [9.17, 15) is 4.79 Å². The Morgan fingerprint density at radius 3 is 2.82 bits per heavy atom. The lowest BCUT2D eigenvalue weighted by atomic mass is 9.90. The minimum absolute atomic E-state index is 0.251. The molecule has 2 fully saturated rings. The smallest absolute Gasteiger partial charge is 0.240 e. The molecule has 4 heteroatoms. The van der Waals surface area contributed by atoms with Crippen molar-refractivity contribution in [3.05, 3.63) is 0 Å². The van der Waals surface area contributed by atoms with Gasteiger partial charge >= 0.3 is 0 Å². The lowest BCUT2D eigenvalue weighted by Gasteiger charge is -2.31. The first-order valence-corrected chi connectivity index (χ1v) is 8.06. The van der Waals surface area contributed by atoms with Gasteiger partial charge in [-0.2, -0.15) is 11.8 Å². The average Bonchev–Trinajstić information content (AvgIpc) is 2.81. The van der Waals surface area contributed by atoms with E-state index in [4.69, 9.17) is 0 Å². The Morgan fingerprint density at radius 2 is 2.24 bits per heavy atom. The van der Waals surface area contributed by atoms with Gasteiger partial charge in [0.25, 0.3) is 0 Å². The highest BCUT2D eigenvalue weighted by molar-refractivity contribution is 7.99. The number of carbonyl (C=O) groups excluding carboxylic acids is 1. The summed E-state index contributed by atoms with van der Waals surface area (Å²) in [6, 6.07) is 0.417. The number of carbonyl (C=O) groups is 1. The van der Waals surface area contributed by atoms with Crippen LogP contribution in [0.5, 0.6) is 0 Å². The molecule has 0 aromatic rings. The van der Waals surface area contributed by atoms with Crippen molar-refractivity contribution in [3.8, 4) is 0 Å². The molecule has 0 radical (unpaired) electrons. The second-order valence-electron chi connectivity index (χ2n) is 5.22. The quantitative estimate of drug-likeness (QED) is 0.807. The summed E-state index contributed by atoms with van der Waals surface area (Å²) in [4.78, 5) is 12.4. The first-order valence-electron chi connectivity index (χ1n) is 6.90. The van der Waals surface area contributed by atoms with Crippen molar-refractivity contribution < 1.29 is 4.79 Å². The van der Waals surface area contributed by atoms with Crippen LogP contribution in [0.1, 0.15) is 45.4 Å². The van der Waals surface area contributed by atoms with Crippen molar-refractivity contribution in [1.29, 1.82) is 0 Å². The fourth-order valence-corrected chi connectivity index (χ4v) is 4.03. The number of hydrogen-bond acceptors (Lipinski definition) is 3. The van der Waals surface area contributed by atoms with Crippen LogP contribution in [0.25, 0.3) is 0 Å². The van der Waals surface area contributed by atoms with E-state index in [-0.39, 0.29) is 11.4 Å². The molecular weight excluding hydrogens is 232 g/mol. The van der Waals surface area contributed by atoms with Crippen LogP contribution in [0.15, 0.2) is 0 Å². The molecule has 2 heterocycles. The zero-order valence-corrected chi connectivity index (χ0v) is 11.6. The molecule has 2 saturated heterocycles. The molecule has 1 amide bonds. The first kappa shape index (κ1) is 13.2. The van der Waals surface area contributed by atoms with Crippen LogP contribution >= 0.6 is 11.8 Å². The summed E-state index contributed by atoms with van der Waals surface area (Å²) in [6.45, 7) is 3.15. The largest absolute Gasteiger partial charge is 0.352 e. The van der Waals surface area contributed by atoms with E-state index in [1.165, 1.54) is 11.5 Å². The monoisotopic (exact) mass is 256 g/mol. The molecule has 0 aromatic carbocycles. The van der Waals surface area contributed by atoms with Crippen molar-refractivity contribution in [2.75, 3.05) is 18.1 Å². The molecule has 2 N–H and O–H groups in total. The van der Waals surface area contributed by atoms with E-state index in [1.54, 1.807) is 0 Å². The standard InChI is InChI=1S/C13H24N2OS/c1-2-6-13(7-3-8-14-13)12(16)15-11-4-9-17-10-5-11/h11,14H,2-10H2,1H3,(H,15,16). The van der Waals surface area contributed by atoms with E-state index in [2.05, 4.69) is 17.6 Å². The summed E-state index contributed by atoms with van der Waals surface area (Å²) >= 11 is 2.00. The third-order valence-electron chi connectivity index (χ3n) is 3.91. The van der Waals surface area contributed by atoms with Gasteiger partial charge in [-0.1, -0.05) is 13.3 Å². The van der Waals surface area contributed by atoms with Crippen molar-refractivity contribution in [1.82, 2.24) is 10.6 Å². The van der Waals surface area contributed by atoms with Crippen LogP contribution in [-0.2, 0) is 4.79 Å². The predicted molar refractivity (Wildman–Crippen MR) is 73.4 cm³/mol. The van der Waals surface area contributed by atoms with E-state index in [0.717, 1.165) is 45.1 Å². The van der Waals surface area contributed by atoms with E-state index >= 15 is 0 Å². The predicted octanol–water partition coefficient (Wildman–Crippen LogP) is 1.92. The highest BCUT2D eigenvalue weighted by Gasteiger charge is 2.40. The summed E-state index contributed by atoms with van der Waals surface area (Å²) in [7, 11) is 0. The topological polar surface area (TPSA) is 41.1 Å². The van der Waals surface area contributed by atoms with Gasteiger partial charge in [-0.15, -0.1) is 0 Å². The van der Waals surface area contributed by atoms with Crippen LogP contribution in [0.4, 0.5) is 0 Å². The second kappa shape index (κ2) is 6.10. The molecule has 0 saturated carbocycles. The van der Waals surface area contributed by atoms with Crippen molar-refractivity contribution in [2.24, 2.45) is 0 Å². The molecule has 1 unspecified atom stereocenters. The Morgan fingerprint density at radius 1 is 1.47 bits per heavy atom. The molecular formula is C13H24N2OS. The highest BCUT2D eigenvalue weighted by Crippen LogP contribution is 2.26. The molecule has 0 bridgehead atoms. The lowest BCUT2D eigenvalue weighted by molar-refractivity contribution is -0.128. The summed E-state index contributed by atoms with van der Waals surface area (Å²) in [6.07, 6.45) is 6.46. The first-order chi connectivity index (χ1) is 8.27. The maximum Gasteiger partial charge on any atom is 0.240 e. The van der Waals surface area contributed by atoms with Gasteiger partial charge in [0.2, 0.25) is 5.91 Å². The third-order valence-corrected chi connectivity index (χ3v) is 4.96. The van der Waals surface area contributed by atoms with Gasteiger partial charge in [0, 0.05) is 6.04 Å². The SMILES string of the molecule is CCCC1(C(=O)NC2CCSCC2)CCCN1. The van der Waals surface area contributed by atoms with E-state index in [1.807, 2.05) is 11.8 Å². The number of thioether (sulfide) groups is 1. The Bertz CT molecular complexity index is 258. The molecule has 98 valence electrons. The molecule has 1 atom stereocenters. The Hall–Kier alpha value is -0.220. The van der Waals surface area contributed by atoms with Gasteiger partial charge in [0.05, 0.1) is 5.54 Å². The third kappa shape index (κ3) is 3.16. The average molecular weight is 256 g/mol. The summed E-state index contributed by atoms with van der Waals surface area (Å²) in [5.74, 6) is 2.65. The zero-order chi connectivity index (χ0) is 12.1. The zero-order valence-electron chi connectivity index (χ0n) is 10.8. The fourth-order valence-electron chi connectivity index (χ4n) is 2.92. The lowest BCUT2D eigenvalue weighted by Crippen LogP contribution is -2.56. The van der Waals surface area contributed by atoms with Gasteiger partial charge in [0.15, 0.2) is 0 Å². The molecule has 3 nitrogen and oxygen atoms in total. The Labute approximate surface area is 108 Å². The molecule has 0 aromatic heterocycles. The summed E-state index contributed by atoms with van der Waals surface area (Å²) in [5, 5.41) is 6.71. The number of nitrogens with one attached hydrogen (secondary N) is 2. The van der Waals surface area contributed by atoms with Gasteiger partial charge in [-0.25, -0.2) is 0 Å². The number of amides is 1. The summed E-state index contributed by atoms with van der Waals surface area (Å²) in [5.41, 5.74) is -0.251. The molecule has 0 spiro atoms. The van der Waals surface area contributed by atoms with Crippen LogP contribution in [-0.4, -0.2) is 35.5 Å². The molecule has 2 rings (SSSR count). The molecule has 2 aliphatic rings. The van der Waals surface area contributed by atoms with Crippen molar-refractivity contribution >= 4 is 17.7 Å². The fraction of sp³-hybridized carbons (Fsp3) is 0.923. The Kier molecular flexibility index (Phi) is 4.74.